The minimum atomic E-state index is -3.94. The van der Waals surface area contributed by atoms with Crippen LogP contribution in [-0.4, -0.2) is 47.2 Å². The molecule has 0 aliphatic carbocycles. The van der Waals surface area contributed by atoms with Gasteiger partial charge in [-0.2, -0.15) is 4.31 Å². The number of nitrogens with zero attached hydrogens (tertiary/aromatic N) is 1. The number of amides is 1. The van der Waals surface area contributed by atoms with Gasteiger partial charge in [0.05, 0.1) is 33.2 Å². The number of hydrogen-bond donors (Lipinski definition) is 2. The molecule has 39 heavy (non-hydrogen) atoms. The molecule has 1 amide bonds. The molecule has 3 aromatic rings. The second-order valence-corrected chi connectivity index (χ2v) is 13.3. The topological polar surface area (TPSA) is 122 Å². The van der Waals surface area contributed by atoms with E-state index in [0.29, 0.717) is 30.2 Å². The van der Waals surface area contributed by atoms with E-state index in [-0.39, 0.29) is 20.4 Å². The molecule has 1 aliphatic rings. The molecule has 0 saturated carbocycles. The Labute approximate surface area is 234 Å². The number of nitrogens with one attached hydrogen (secondary N) is 2. The van der Waals surface area contributed by atoms with Gasteiger partial charge in [-0.3, -0.25) is 9.52 Å². The summed E-state index contributed by atoms with van der Waals surface area (Å²) in [6, 6.07) is 14.8. The van der Waals surface area contributed by atoms with Gasteiger partial charge in [0.15, 0.2) is 0 Å². The molecular formula is C27H30ClN3O6S2. The number of rotatable bonds is 8. The Morgan fingerprint density at radius 2 is 1.51 bits per heavy atom. The molecule has 0 unspecified atom stereocenters. The fourth-order valence-electron chi connectivity index (χ4n) is 4.29. The van der Waals surface area contributed by atoms with Crippen LogP contribution < -0.4 is 14.8 Å². The van der Waals surface area contributed by atoms with E-state index in [9.17, 15) is 21.6 Å². The first-order valence-corrected chi connectivity index (χ1v) is 15.7. The van der Waals surface area contributed by atoms with E-state index < -0.39 is 26.0 Å². The summed E-state index contributed by atoms with van der Waals surface area (Å²) >= 11 is 6.25. The first-order valence-electron chi connectivity index (χ1n) is 12.4. The molecule has 0 spiro atoms. The van der Waals surface area contributed by atoms with E-state index >= 15 is 0 Å². The monoisotopic (exact) mass is 591 g/mol. The molecule has 1 aliphatic heterocycles. The molecule has 9 nitrogen and oxygen atoms in total. The molecule has 1 heterocycles. The van der Waals surface area contributed by atoms with Gasteiger partial charge in [-0.25, -0.2) is 16.8 Å². The molecule has 12 heteroatoms. The molecule has 0 radical (unpaired) electrons. The zero-order valence-electron chi connectivity index (χ0n) is 21.6. The molecule has 4 rings (SSSR count). The highest BCUT2D eigenvalue weighted by Gasteiger charge is 2.27. The van der Waals surface area contributed by atoms with Crippen LogP contribution in [0.15, 0.2) is 70.5 Å². The van der Waals surface area contributed by atoms with Crippen LogP contribution >= 0.6 is 11.6 Å². The second-order valence-electron chi connectivity index (χ2n) is 9.25. The fraction of sp³-hybridized carbons (Fsp3) is 0.296. The lowest BCUT2D eigenvalue weighted by Gasteiger charge is -2.20. The van der Waals surface area contributed by atoms with Crippen molar-refractivity contribution in [3.8, 4) is 5.75 Å². The smallest absolute Gasteiger partial charge is 0.262 e. The highest BCUT2D eigenvalue weighted by Crippen LogP contribution is 2.29. The van der Waals surface area contributed by atoms with Crippen LogP contribution in [0.25, 0.3) is 0 Å². The number of sulfonamides is 2. The normalized spacial score (nSPS) is 14.8. The number of anilines is 2. The molecule has 0 atom stereocenters. The third-order valence-corrected chi connectivity index (χ3v) is 10.0. The van der Waals surface area contributed by atoms with Crippen molar-refractivity contribution in [3.63, 3.8) is 0 Å². The minimum Gasteiger partial charge on any atom is -0.495 e. The number of hydrogen-bond acceptors (Lipinski definition) is 6. The number of methoxy groups -OCH3 is 1. The van der Waals surface area contributed by atoms with Crippen LogP contribution in [0.3, 0.4) is 0 Å². The summed E-state index contributed by atoms with van der Waals surface area (Å²) in [4.78, 5) is 13.0. The maximum absolute atomic E-state index is 13.2. The zero-order chi connectivity index (χ0) is 28.2. The Hall–Kier alpha value is -3.12. The first-order chi connectivity index (χ1) is 18.5. The average Bonchev–Trinajstić information content (AvgIpc) is 3.19. The second kappa shape index (κ2) is 12.0. The highest BCUT2D eigenvalue weighted by molar-refractivity contribution is 7.92. The van der Waals surface area contributed by atoms with Crippen molar-refractivity contribution in [2.75, 3.05) is 30.2 Å². The third kappa shape index (κ3) is 6.73. The number of halogens is 1. The SMILES string of the molecule is COc1ccc(C)cc1NS(=O)(=O)c1ccc(NC(=O)c2cc(S(=O)(=O)N3CCCCCC3)ccc2Cl)cc1. The maximum atomic E-state index is 13.2. The molecule has 2 N–H and O–H groups in total. The van der Waals surface area contributed by atoms with Crippen molar-refractivity contribution >= 4 is 48.9 Å². The summed E-state index contributed by atoms with van der Waals surface area (Å²) in [7, 11) is -6.26. The van der Waals surface area contributed by atoms with Crippen LogP contribution in [0.2, 0.25) is 5.02 Å². The summed E-state index contributed by atoms with van der Waals surface area (Å²) in [5.74, 6) is -0.240. The number of ether oxygens (including phenoxy) is 1. The number of benzene rings is 3. The predicted molar refractivity (Wildman–Crippen MR) is 152 cm³/mol. The Morgan fingerprint density at radius 1 is 0.872 bits per heavy atom. The van der Waals surface area contributed by atoms with Crippen molar-refractivity contribution in [1.82, 2.24) is 4.31 Å². The number of carbonyl (C=O) groups excluding carboxylic acids is 1. The molecule has 1 fully saturated rings. The average molecular weight is 592 g/mol. The molecule has 3 aromatic carbocycles. The van der Waals surface area contributed by atoms with E-state index in [1.165, 1.54) is 53.9 Å². The van der Waals surface area contributed by atoms with E-state index in [1.807, 2.05) is 6.92 Å². The van der Waals surface area contributed by atoms with Gasteiger partial charge in [0.25, 0.3) is 15.9 Å². The van der Waals surface area contributed by atoms with Gasteiger partial charge in [-0.05, 0) is 79.9 Å². The van der Waals surface area contributed by atoms with Crippen LogP contribution in [-0.2, 0) is 20.0 Å². The molecule has 0 aromatic heterocycles. The summed E-state index contributed by atoms with van der Waals surface area (Å²) in [5, 5.41) is 2.75. The van der Waals surface area contributed by atoms with E-state index in [0.717, 1.165) is 31.2 Å². The van der Waals surface area contributed by atoms with E-state index in [1.54, 1.807) is 18.2 Å². The molecule has 1 saturated heterocycles. The van der Waals surface area contributed by atoms with E-state index in [2.05, 4.69) is 10.0 Å². The van der Waals surface area contributed by atoms with Gasteiger partial charge in [0.1, 0.15) is 5.75 Å². The van der Waals surface area contributed by atoms with Crippen molar-refractivity contribution in [2.24, 2.45) is 0 Å². The zero-order valence-corrected chi connectivity index (χ0v) is 24.0. The summed E-state index contributed by atoms with van der Waals surface area (Å²) in [6.45, 7) is 2.71. The van der Waals surface area contributed by atoms with Gasteiger partial charge >= 0.3 is 0 Å². The van der Waals surface area contributed by atoms with Crippen LogP contribution in [0.1, 0.15) is 41.6 Å². The Bertz CT molecular complexity index is 1570. The summed E-state index contributed by atoms with van der Waals surface area (Å²) in [5.41, 5.74) is 1.47. The van der Waals surface area contributed by atoms with Gasteiger partial charge in [0.2, 0.25) is 10.0 Å². The number of carbonyl (C=O) groups is 1. The maximum Gasteiger partial charge on any atom is 0.262 e. The van der Waals surface area contributed by atoms with Crippen LogP contribution in [0, 0.1) is 6.92 Å². The van der Waals surface area contributed by atoms with Crippen molar-refractivity contribution in [2.45, 2.75) is 42.4 Å². The Balaban J connectivity index is 1.51. The molecule has 0 bridgehead atoms. The largest absolute Gasteiger partial charge is 0.495 e. The number of aryl methyl sites for hydroxylation is 1. The van der Waals surface area contributed by atoms with Gasteiger partial charge in [-0.1, -0.05) is 30.5 Å². The highest BCUT2D eigenvalue weighted by atomic mass is 35.5. The van der Waals surface area contributed by atoms with Crippen molar-refractivity contribution in [3.05, 3.63) is 76.8 Å². The van der Waals surface area contributed by atoms with Gasteiger partial charge < -0.3 is 10.1 Å². The van der Waals surface area contributed by atoms with Gasteiger partial charge in [0, 0.05) is 18.8 Å². The standard InChI is InChI=1S/C27H30ClN3O6S2/c1-19-7-14-26(37-2)25(17-19)30-38(33,34)21-10-8-20(9-11-21)29-27(32)23-18-22(12-13-24(23)28)39(35,36)31-15-5-3-4-6-16-31/h7-14,17-18,30H,3-6,15-16H2,1-2H3,(H,29,32). The van der Waals surface area contributed by atoms with Crippen molar-refractivity contribution in [1.29, 1.82) is 0 Å². The fourth-order valence-corrected chi connectivity index (χ4v) is 7.10. The summed E-state index contributed by atoms with van der Waals surface area (Å²) < 4.78 is 61.4. The lowest BCUT2D eigenvalue weighted by Crippen LogP contribution is -2.32. The van der Waals surface area contributed by atoms with Gasteiger partial charge in [-0.15, -0.1) is 0 Å². The summed E-state index contributed by atoms with van der Waals surface area (Å²) in [6.07, 6.45) is 3.55. The third-order valence-electron chi connectivity index (χ3n) is 6.41. The lowest BCUT2D eigenvalue weighted by molar-refractivity contribution is 0.102. The van der Waals surface area contributed by atoms with Crippen molar-refractivity contribution < 1.29 is 26.4 Å². The minimum absolute atomic E-state index is 0.00181. The predicted octanol–water partition coefficient (Wildman–Crippen LogP) is 5.27. The molecular weight excluding hydrogens is 562 g/mol. The van der Waals surface area contributed by atoms with Crippen LogP contribution in [0.5, 0.6) is 5.75 Å². The Morgan fingerprint density at radius 3 is 2.15 bits per heavy atom. The van der Waals surface area contributed by atoms with E-state index in [4.69, 9.17) is 16.3 Å². The lowest BCUT2D eigenvalue weighted by atomic mass is 10.2. The Kier molecular flexibility index (Phi) is 8.85. The quantitative estimate of drug-likeness (QED) is 0.368. The first kappa shape index (κ1) is 28.9. The molecule has 208 valence electrons. The van der Waals surface area contributed by atoms with Crippen LogP contribution in [0.4, 0.5) is 11.4 Å².